The fraction of sp³-hybridized carbons (Fsp3) is 0.750. The Morgan fingerprint density at radius 1 is 1.28 bits per heavy atom. The number of carbonyl (C=O) groups is 3. The molecule has 2 aliphatic rings. The van der Waals surface area contributed by atoms with Crippen LogP contribution in [-0.4, -0.2) is 59.4 Å². The van der Waals surface area contributed by atoms with E-state index >= 15 is 0 Å². The molecule has 2 saturated heterocycles. The summed E-state index contributed by atoms with van der Waals surface area (Å²) in [4.78, 5) is 37.8. The molecule has 2 amide bonds. The number of carboxylic acids is 1. The highest BCUT2D eigenvalue weighted by atomic mass is 16.4. The lowest BCUT2D eigenvalue weighted by Gasteiger charge is -2.19. The largest absolute Gasteiger partial charge is 0.481 e. The van der Waals surface area contributed by atoms with Gasteiger partial charge in [-0.05, 0) is 5.92 Å². The summed E-state index contributed by atoms with van der Waals surface area (Å²) in [6.07, 6.45) is 0.248. The van der Waals surface area contributed by atoms with Crippen molar-refractivity contribution in [2.75, 3.05) is 26.7 Å². The number of aliphatic carboxylic acids is 1. The van der Waals surface area contributed by atoms with Crippen LogP contribution in [-0.2, 0) is 14.4 Å². The molecule has 2 aliphatic heterocycles. The molecule has 0 bridgehead atoms. The van der Waals surface area contributed by atoms with Gasteiger partial charge < -0.3 is 14.9 Å². The second-order valence-corrected chi connectivity index (χ2v) is 5.34. The molecule has 6 heteroatoms. The average Bonchev–Trinajstić information content (AvgIpc) is 2.82. The summed E-state index contributed by atoms with van der Waals surface area (Å²) >= 11 is 0. The molecule has 3 atom stereocenters. The van der Waals surface area contributed by atoms with Gasteiger partial charge in [0, 0.05) is 33.1 Å². The minimum absolute atomic E-state index is 0.0182. The van der Waals surface area contributed by atoms with Crippen molar-refractivity contribution < 1.29 is 19.5 Å². The van der Waals surface area contributed by atoms with Crippen LogP contribution >= 0.6 is 0 Å². The third-order valence-corrected chi connectivity index (χ3v) is 3.93. The Labute approximate surface area is 106 Å². The quantitative estimate of drug-likeness (QED) is 0.730. The first-order chi connectivity index (χ1) is 8.40. The molecule has 0 spiro atoms. The van der Waals surface area contributed by atoms with Crippen LogP contribution in [0.15, 0.2) is 0 Å². The van der Waals surface area contributed by atoms with Crippen LogP contribution in [0.5, 0.6) is 0 Å². The van der Waals surface area contributed by atoms with E-state index < -0.39 is 11.9 Å². The van der Waals surface area contributed by atoms with E-state index in [0.717, 1.165) is 0 Å². The summed E-state index contributed by atoms with van der Waals surface area (Å²) < 4.78 is 0. The predicted octanol–water partition coefficient (Wildman–Crippen LogP) is -0.356. The molecule has 0 aromatic carbocycles. The topological polar surface area (TPSA) is 77.9 Å². The number of nitrogens with zero attached hydrogens (tertiary/aromatic N) is 2. The predicted molar refractivity (Wildman–Crippen MR) is 62.6 cm³/mol. The number of carbonyl (C=O) groups excluding carboxylic acids is 2. The lowest BCUT2D eigenvalue weighted by atomic mass is 9.99. The molecule has 0 aliphatic carbocycles. The van der Waals surface area contributed by atoms with Crippen LogP contribution in [0.3, 0.4) is 0 Å². The van der Waals surface area contributed by atoms with Crippen molar-refractivity contribution in [2.45, 2.75) is 13.3 Å². The van der Waals surface area contributed by atoms with E-state index in [2.05, 4.69) is 0 Å². The first-order valence-corrected chi connectivity index (χ1v) is 6.15. The van der Waals surface area contributed by atoms with Gasteiger partial charge in [-0.3, -0.25) is 14.4 Å². The van der Waals surface area contributed by atoms with Crippen molar-refractivity contribution in [3.8, 4) is 0 Å². The first-order valence-electron chi connectivity index (χ1n) is 6.15. The van der Waals surface area contributed by atoms with Gasteiger partial charge in [-0.25, -0.2) is 0 Å². The molecule has 18 heavy (non-hydrogen) atoms. The molecule has 0 aromatic rings. The second kappa shape index (κ2) is 4.59. The molecule has 6 nitrogen and oxygen atoms in total. The fourth-order valence-electron chi connectivity index (χ4n) is 2.76. The monoisotopic (exact) mass is 254 g/mol. The van der Waals surface area contributed by atoms with E-state index in [0.29, 0.717) is 13.1 Å². The van der Waals surface area contributed by atoms with Gasteiger partial charge >= 0.3 is 5.97 Å². The SMILES string of the molecule is C[C@@H]1CN(C(=O)C2CC(=O)N(C)C2)C[C@H]1C(=O)O. The third kappa shape index (κ3) is 2.19. The Morgan fingerprint density at radius 2 is 1.94 bits per heavy atom. The number of rotatable bonds is 2. The number of hydrogen-bond acceptors (Lipinski definition) is 3. The summed E-state index contributed by atoms with van der Waals surface area (Å²) in [7, 11) is 1.68. The lowest BCUT2D eigenvalue weighted by Crippen LogP contribution is -2.36. The lowest BCUT2D eigenvalue weighted by molar-refractivity contribution is -0.142. The molecule has 1 unspecified atom stereocenters. The minimum atomic E-state index is -0.850. The van der Waals surface area contributed by atoms with Gasteiger partial charge in [0.2, 0.25) is 11.8 Å². The maximum absolute atomic E-state index is 12.2. The van der Waals surface area contributed by atoms with Crippen molar-refractivity contribution in [2.24, 2.45) is 17.8 Å². The van der Waals surface area contributed by atoms with E-state index in [1.165, 1.54) is 0 Å². The summed E-state index contributed by atoms with van der Waals surface area (Å²) in [5, 5.41) is 9.03. The highest BCUT2D eigenvalue weighted by molar-refractivity contribution is 5.89. The molecule has 2 heterocycles. The summed E-state index contributed by atoms with van der Waals surface area (Å²) in [6.45, 7) is 3.03. The second-order valence-electron chi connectivity index (χ2n) is 5.34. The highest BCUT2D eigenvalue weighted by Gasteiger charge is 2.41. The molecule has 2 fully saturated rings. The van der Waals surface area contributed by atoms with Crippen molar-refractivity contribution in [1.29, 1.82) is 0 Å². The van der Waals surface area contributed by atoms with E-state index in [1.807, 2.05) is 6.92 Å². The average molecular weight is 254 g/mol. The summed E-state index contributed by atoms with van der Waals surface area (Å²) in [5.41, 5.74) is 0. The smallest absolute Gasteiger partial charge is 0.308 e. The van der Waals surface area contributed by atoms with Crippen LogP contribution in [0.4, 0.5) is 0 Å². The molecular formula is C12H18N2O4. The summed E-state index contributed by atoms with van der Waals surface area (Å²) in [5.74, 6) is -1.76. The Balaban J connectivity index is 1.99. The van der Waals surface area contributed by atoms with Crippen LogP contribution in [0.1, 0.15) is 13.3 Å². The van der Waals surface area contributed by atoms with Gasteiger partial charge in [0.15, 0.2) is 0 Å². The van der Waals surface area contributed by atoms with Crippen molar-refractivity contribution in [3.05, 3.63) is 0 Å². The van der Waals surface area contributed by atoms with Gasteiger partial charge in [0.25, 0.3) is 0 Å². The Morgan fingerprint density at radius 3 is 2.39 bits per heavy atom. The zero-order valence-corrected chi connectivity index (χ0v) is 10.6. The molecule has 0 aromatic heterocycles. The molecule has 1 N–H and O–H groups in total. The van der Waals surface area contributed by atoms with Gasteiger partial charge in [-0.15, -0.1) is 0 Å². The zero-order valence-electron chi connectivity index (χ0n) is 10.6. The van der Waals surface area contributed by atoms with E-state index in [9.17, 15) is 14.4 Å². The molecular weight excluding hydrogens is 236 g/mol. The zero-order chi connectivity index (χ0) is 13.4. The third-order valence-electron chi connectivity index (χ3n) is 3.93. The van der Waals surface area contributed by atoms with Crippen LogP contribution in [0.25, 0.3) is 0 Å². The van der Waals surface area contributed by atoms with E-state index in [1.54, 1.807) is 16.8 Å². The normalized spacial score (nSPS) is 32.1. The first kappa shape index (κ1) is 12.9. The number of hydrogen-bond donors (Lipinski definition) is 1. The van der Waals surface area contributed by atoms with Gasteiger partial charge in [-0.1, -0.05) is 6.92 Å². The van der Waals surface area contributed by atoms with Gasteiger partial charge in [0.05, 0.1) is 11.8 Å². The summed E-state index contributed by atoms with van der Waals surface area (Å²) in [6, 6.07) is 0. The Kier molecular flexibility index (Phi) is 3.28. The fourth-order valence-corrected chi connectivity index (χ4v) is 2.76. The van der Waals surface area contributed by atoms with E-state index in [-0.39, 0.29) is 36.6 Å². The highest BCUT2D eigenvalue weighted by Crippen LogP contribution is 2.27. The van der Waals surface area contributed by atoms with E-state index in [4.69, 9.17) is 5.11 Å². The standard InChI is InChI=1S/C12H18N2O4/c1-7-4-14(6-9(7)12(17)18)11(16)8-3-10(15)13(2)5-8/h7-9H,3-6H2,1-2H3,(H,17,18)/t7-,8?,9-/m1/s1. The van der Waals surface area contributed by atoms with Crippen LogP contribution in [0.2, 0.25) is 0 Å². The van der Waals surface area contributed by atoms with Crippen molar-refractivity contribution >= 4 is 17.8 Å². The number of carboxylic acid groups (broad SMARTS) is 1. The molecule has 2 rings (SSSR count). The molecule has 100 valence electrons. The van der Waals surface area contributed by atoms with Crippen molar-refractivity contribution in [1.82, 2.24) is 9.80 Å². The number of amides is 2. The number of likely N-dealkylation sites (tertiary alicyclic amines) is 2. The maximum Gasteiger partial charge on any atom is 0.308 e. The maximum atomic E-state index is 12.2. The van der Waals surface area contributed by atoms with Crippen LogP contribution in [0, 0.1) is 17.8 Å². The van der Waals surface area contributed by atoms with Gasteiger partial charge in [0.1, 0.15) is 0 Å². The molecule has 0 radical (unpaired) electrons. The van der Waals surface area contributed by atoms with Gasteiger partial charge in [-0.2, -0.15) is 0 Å². The Hall–Kier alpha value is -1.59. The van der Waals surface area contributed by atoms with Crippen molar-refractivity contribution in [3.63, 3.8) is 0 Å². The minimum Gasteiger partial charge on any atom is -0.481 e. The Bertz CT molecular complexity index is 396. The van der Waals surface area contributed by atoms with Crippen LogP contribution < -0.4 is 0 Å². The molecule has 0 saturated carbocycles.